The van der Waals surface area contributed by atoms with Gasteiger partial charge in [-0.05, 0) is 38.8 Å². The third-order valence-electron chi connectivity index (χ3n) is 4.70. The number of aryl methyl sites for hydroxylation is 2. The van der Waals surface area contributed by atoms with Gasteiger partial charge in [0.2, 0.25) is 0 Å². The molecule has 2 unspecified atom stereocenters. The quantitative estimate of drug-likeness (QED) is 0.499. The first-order valence-corrected chi connectivity index (χ1v) is 7.85. The van der Waals surface area contributed by atoms with Crippen molar-refractivity contribution >= 4 is 11.9 Å². The van der Waals surface area contributed by atoms with E-state index in [2.05, 4.69) is 0 Å². The minimum Gasteiger partial charge on any atom is -0.459 e. The summed E-state index contributed by atoms with van der Waals surface area (Å²) in [5.41, 5.74) is 8.42. The van der Waals surface area contributed by atoms with Gasteiger partial charge in [0, 0.05) is 24.9 Å². The molecular weight excluding hydrogens is 278 g/mol. The molecule has 0 saturated carbocycles. The molecule has 1 aromatic carbocycles. The van der Waals surface area contributed by atoms with Crippen LogP contribution in [0.2, 0.25) is 0 Å². The lowest BCUT2D eigenvalue weighted by molar-refractivity contribution is 0.00625. The highest BCUT2D eigenvalue weighted by molar-refractivity contribution is 5.90. The van der Waals surface area contributed by atoms with Gasteiger partial charge in [0.1, 0.15) is 6.10 Å². The molecular formula is C17H23N3O2. The maximum Gasteiger partial charge on any atom is 0.338 e. The van der Waals surface area contributed by atoms with Crippen molar-refractivity contribution in [1.29, 1.82) is 5.41 Å². The molecule has 2 bridgehead atoms. The topological polar surface area (TPSA) is 79.4 Å². The lowest BCUT2D eigenvalue weighted by atomic mass is 10.00. The summed E-state index contributed by atoms with van der Waals surface area (Å²) in [4.78, 5) is 14.4. The van der Waals surface area contributed by atoms with Gasteiger partial charge in [0.15, 0.2) is 5.96 Å². The van der Waals surface area contributed by atoms with Crippen LogP contribution in [0.4, 0.5) is 0 Å². The second kappa shape index (κ2) is 5.63. The van der Waals surface area contributed by atoms with E-state index in [0.29, 0.717) is 5.56 Å². The number of ether oxygens (including phenoxy) is 1. The molecule has 2 aliphatic rings. The first kappa shape index (κ1) is 14.9. The van der Waals surface area contributed by atoms with Crippen molar-refractivity contribution < 1.29 is 9.53 Å². The standard InChI is InChI=1S/C17H23N3O2/c1-10-5-11(2)7-12(6-10)16(21)22-15-8-13-3-4-14(9-15)20(13)17(18)19/h5-7,13-15H,3-4,8-9H2,1-2H3,(H3,18,19). The van der Waals surface area contributed by atoms with Crippen LogP contribution in [0, 0.1) is 19.3 Å². The van der Waals surface area contributed by atoms with Gasteiger partial charge in [-0.15, -0.1) is 0 Å². The number of nitrogens with zero attached hydrogens (tertiary/aromatic N) is 1. The Kier molecular flexibility index (Phi) is 3.81. The predicted octanol–water partition coefficient (Wildman–Crippen LogP) is 2.35. The third kappa shape index (κ3) is 2.80. The van der Waals surface area contributed by atoms with Crippen LogP contribution in [-0.2, 0) is 4.74 Å². The number of hydrogen-bond donors (Lipinski definition) is 2. The largest absolute Gasteiger partial charge is 0.459 e. The van der Waals surface area contributed by atoms with Gasteiger partial charge in [0.05, 0.1) is 5.56 Å². The molecule has 3 rings (SSSR count). The Labute approximate surface area is 130 Å². The van der Waals surface area contributed by atoms with Crippen molar-refractivity contribution in [3.63, 3.8) is 0 Å². The lowest BCUT2D eigenvalue weighted by Crippen LogP contribution is -2.51. The van der Waals surface area contributed by atoms with E-state index in [9.17, 15) is 4.79 Å². The summed E-state index contributed by atoms with van der Waals surface area (Å²) in [5, 5.41) is 7.67. The van der Waals surface area contributed by atoms with Crippen LogP contribution in [0.15, 0.2) is 18.2 Å². The summed E-state index contributed by atoms with van der Waals surface area (Å²) in [7, 11) is 0. The van der Waals surface area contributed by atoms with Crippen LogP contribution < -0.4 is 5.73 Å². The Morgan fingerprint density at radius 2 is 1.73 bits per heavy atom. The zero-order valence-electron chi connectivity index (χ0n) is 13.1. The van der Waals surface area contributed by atoms with E-state index < -0.39 is 0 Å². The van der Waals surface area contributed by atoms with Crippen molar-refractivity contribution in [3.05, 3.63) is 34.9 Å². The van der Waals surface area contributed by atoms with Crippen molar-refractivity contribution in [2.24, 2.45) is 5.73 Å². The average molecular weight is 301 g/mol. The summed E-state index contributed by atoms with van der Waals surface area (Å²) in [6.07, 6.45) is 3.53. The number of nitrogens with two attached hydrogens (primary N) is 1. The zero-order valence-corrected chi connectivity index (χ0v) is 13.1. The fourth-order valence-corrected chi connectivity index (χ4v) is 3.93. The molecule has 2 aliphatic heterocycles. The molecule has 0 radical (unpaired) electrons. The number of piperidine rings is 1. The number of benzene rings is 1. The van der Waals surface area contributed by atoms with E-state index in [1.807, 2.05) is 36.9 Å². The first-order chi connectivity index (χ1) is 10.4. The van der Waals surface area contributed by atoms with E-state index in [-0.39, 0.29) is 30.1 Å². The smallest absolute Gasteiger partial charge is 0.338 e. The molecule has 118 valence electrons. The fourth-order valence-electron chi connectivity index (χ4n) is 3.93. The van der Waals surface area contributed by atoms with Gasteiger partial charge in [-0.25, -0.2) is 4.79 Å². The highest BCUT2D eigenvalue weighted by Crippen LogP contribution is 2.36. The molecule has 22 heavy (non-hydrogen) atoms. The Hall–Kier alpha value is -2.04. The first-order valence-electron chi connectivity index (χ1n) is 7.85. The third-order valence-corrected chi connectivity index (χ3v) is 4.70. The highest BCUT2D eigenvalue weighted by atomic mass is 16.5. The van der Waals surface area contributed by atoms with Gasteiger partial charge in [0.25, 0.3) is 0 Å². The van der Waals surface area contributed by atoms with Gasteiger partial charge in [-0.2, -0.15) is 0 Å². The number of carbonyl (C=O) groups is 1. The monoisotopic (exact) mass is 301 g/mol. The molecule has 0 aliphatic carbocycles. The number of esters is 1. The minimum atomic E-state index is -0.243. The number of fused-ring (bicyclic) bond motifs is 2. The van der Waals surface area contributed by atoms with Crippen molar-refractivity contribution in [1.82, 2.24) is 4.90 Å². The molecule has 2 atom stereocenters. The van der Waals surface area contributed by atoms with Crippen LogP contribution in [0.25, 0.3) is 0 Å². The van der Waals surface area contributed by atoms with E-state index in [1.165, 1.54) is 0 Å². The summed E-state index contributed by atoms with van der Waals surface area (Å²) >= 11 is 0. The summed E-state index contributed by atoms with van der Waals surface area (Å²) < 4.78 is 5.72. The van der Waals surface area contributed by atoms with Crippen molar-refractivity contribution in [2.45, 2.75) is 57.7 Å². The molecule has 1 aromatic rings. The molecule has 2 fully saturated rings. The van der Waals surface area contributed by atoms with Gasteiger partial charge >= 0.3 is 5.97 Å². The summed E-state index contributed by atoms with van der Waals surface area (Å²) in [5.74, 6) is -0.0981. The van der Waals surface area contributed by atoms with Crippen molar-refractivity contribution in [3.8, 4) is 0 Å². The Morgan fingerprint density at radius 1 is 1.18 bits per heavy atom. The summed E-state index contributed by atoms with van der Waals surface area (Å²) in [6, 6.07) is 6.27. The van der Waals surface area contributed by atoms with Crippen LogP contribution in [0.5, 0.6) is 0 Å². The maximum absolute atomic E-state index is 12.4. The Morgan fingerprint density at radius 3 is 2.23 bits per heavy atom. The molecule has 2 saturated heterocycles. The van der Waals surface area contributed by atoms with E-state index in [4.69, 9.17) is 15.9 Å². The van der Waals surface area contributed by atoms with Gasteiger partial charge < -0.3 is 15.4 Å². The van der Waals surface area contributed by atoms with Crippen LogP contribution in [0.1, 0.15) is 47.2 Å². The van der Waals surface area contributed by atoms with E-state index in [0.717, 1.165) is 36.8 Å². The minimum absolute atomic E-state index is 0.0681. The Bertz CT molecular complexity index is 580. The Balaban J connectivity index is 1.67. The molecule has 5 nitrogen and oxygen atoms in total. The van der Waals surface area contributed by atoms with Gasteiger partial charge in [-0.3, -0.25) is 5.41 Å². The molecule has 0 amide bonds. The van der Waals surface area contributed by atoms with Crippen LogP contribution in [-0.4, -0.2) is 35.0 Å². The molecule has 0 spiro atoms. The maximum atomic E-state index is 12.4. The van der Waals surface area contributed by atoms with E-state index >= 15 is 0 Å². The SMILES string of the molecule is Cc1cc(C)cc(C(=O)OC2CC3CCC(C2)N3C(=N)N)c1. The number of rotatable bonds is 2. The molecule has 3 N–H and O–H groups in total. The summed E-state index contributed by atoms with van der Waals surface area (Å²) in [6.45, 7) is 3.96. The van der Waals surface area contributed by atoms with Crippen molar-refractivity contribution in [2.75, 3.05) is 0 Å². The normalized spacial score (nSPS) is 26.8. The molecule has 5 heteroatoms. The predicted molar refractivity (Wildman–Crippen MR) is 84.9 cm³/mol. The lowest BCUT2D eigenvalue weighted by Gasteiger charge is -2.38. The van der Waals surface area contributed by atoms with Crippen LogP contribution in [0.3, 0.4) is 0 Å². The molecule has 0 aromatic heterocycles. The second-order valence-corrected chi connectivity index (χ2v) is 6.55. The van der Waals surface area contributed by atoms with Crippen LogP contribution >= 0.6 is 0 Å². The number of carbonyl (C=O) groups excluding carboxylic acids is 1. The zero-order chi connectivity index (χ0) is 15.9. The average Bonchev–Trinajstić information content (AvgIpc) is 2.70. The molecule has 2 heterocycles. The van der Waals surface area contributed by atoms with E-state index in [1.54, 1.807) is 0 Å². The fraction of sp³-hybridized carbons (Fsp3) is 0.529. The number of guanidine groups is 1. The van der Waals surface area contributed by atoms with Gasteiger partial charge in [-0.1, -0.05) is 17.2 Å². The second-order valence-electron chi connectivity index (χ2n) is 6.55. The number of nitrogens with one attached hydrogen (secondary N) is 1. The number of hydrogen-bond acceptors (Lipinski definition) is 3. The highest BCUT2D eigenvalue weighted by Gasteiger charge is 2.42.